The van der Waals surface area contributed by atoms with Crippen LogP contribution in [0, 0.1) is 0 Å². The van der Waals surface area contributed by atoms with Crippen molar-refractivity contribution in [3.63, 3.8) is 0 Å². The molecule has 1 aromatic rings. The second-order valence-corrected chi connectivity index (χ2v) is 7.40. The van der Waals surface area contributed by atoms with Gasteiger partial charge in [0.1, 0.15) is 0 Å². The van der Waals surface area contributed by atoms with E-state index in [-0.39, 0.29) is 24.0 Å². The average Bonchev–Trinajstić information content (AvgIpc) is 3.02. The van der Waals surface area contributed by atoms with E-state index in [1.54, 1.807) is 0 Å². The molecular weight excluding hydrogens is 419 g/mol. The maximum atomic E-state index is 4.30. The molecule has 4 nitrogen and oxygen atoms in total. The normalized spacial score (nSPS) is 17.9. The van der Waals surface area contributed by atoms with Crippen LogP contribution in [0.25, 0.3) is 0 Å². The van der Waals surface area contributed by atoms with E-state index >= 15 is 0 Å². The Hall–Kier alpha value is -0.470. The highest BCUT2D eigenvalue weighted by Crippen LogP contribution is 2.25. The third kappa shape index (κ3) is 7.76. The van der Waals surface area contributed by atoms with Crippen LogP contribution in [0.2, 0.25) is 0 Å². The van der Waals surface area contributed by atoms with Crippen molar-refractivity contribution in [1.82, 2.24) is 15.5 Å². The third-order valence-electron chi connectivity index (χ3n) is 3.73. The number of halogens is 1. The minimum Gasteiger partial charge on any atom is -0.355 e. The first-order valence-corrected chi connectivity index (χ1v) is 9.01. The van der Waals surface area contributed by atoms with Gasteiger partial charge in [0.15, 0.2) is 5.96 Å². The molecule has 0 amide bonds. The van der Waals surface area contributed by atoms with Gasteiger partial charge in [0, 0.05) is 31.9 Å². The van der Waals surface area contributed by atoms with Crippen LogP contribution in [0.5, 0.6) is 0 Å². The van der Waals surface area contributed by atoms with Gasteiger partial charge in [-0.2, -0.15) is 11.8 Å². The maximum absolute atomic E-state index is 4.30. The molecule has 0 saturated carbocycles. The quantitative estimate of drug-likeness (QED) is 0.399. The van der Waals surface area contributed by atoms with Crippen LogP contribution in [-0.4, -0.2) is 49.6 Å². The van der Waals surface area contributed by atoms with Crippen molar-refractivity contribution in [2.24, 2.45) is 4.99 Å². The molecule has 23 heavy (non-hydrogen) atoms. The summed E-state index contributed by atoms with van der Waals surface area (Å²) in [6.07, 6.45) is 2.67. The van der Waals surface area contributed by atoms with Gasteiger partial charge in [-0.3, -0.25) is 4.99 Å². The van der Waals surface area contributed by atoms with Gasteiger partial charge in [-0.25, -0.2) is 0 Å². The minimum absolute atomic E-state index is 0. The van der Waals surface area contributed by atoms with Gasteiger partial charge in [0.25, 0.3) is 0 Å². The molecule has 1 saturated heterocycles. The molecule has 130 valence electrons. The summed E-state index contributed by atoms with van der Waals surface area (Å²) in [6, 6.07) is 8.77. The predicted molar refractivity (Wildman–Crippen MR) is 113 cm³/mol. The number of benzene rings is 1. The van der Waals surface area contributed by atoms with Crippen LogP contribution in [0.4, 0.5) is 0 Å². The lowest BCUT2D eigenvalue weighted by Gasteiger charge is -2.15. The topological polar surface area (TPSA) is 39.7 Å². The molecule has 1 heterocycles. The smallest absolute Gasteiger partial charge is 0.191 e. The van der Waals surface area contributed by atoms with Crippen molar-refractivity contribution in [2.75, 3.05) is 33.4 Å². The van der Waals surface area contributed by atoms with Crippen molar-refractivity contribution in [1.29, 1.82) is 0 Å². The fourth-order valence-electron chi connectivity index (χ4n) is 2.55. The standard InChI is InChI=1S/C17H28N4S.HI/c1-18-17(20-12-16-5-4-10-22-16)19-11-14-6-8-15(9-7-14)13-21(2)3;/h6-9,16H,4-5,10-13H2,1-3H3,(H2,18,19,20);1H. The number of aliphatic imine (C=N–C) groups is 1. The van der Waals surface area contributed by atoms with Gasteiger partial charge >= 0.3 is 0 Å². The van der Waals surface area contributed by atoms with Crippen molar-refractivity contribution in [3.05, 3.63) is 35.4 Å². The minimum atomic E-state index is 0. The molecule has 1 aromatic carbocycles. The van der Waals surface area contributed by atoms with E-state index in [9.17, 15) is 0 Å². The SMILES string of the molecule is CN=C(NCc1ccc(CN(C)C)cc1)NCC1CCCS1.I. The highest BCUT2D eigenvalue weighted by molar-refractivity contribution is 14.0. The Morgan fingerprint density at radius 3 is 2.48 bits per heavy atom. The summed E-state index contributed by atoms with van der Waals surface area (Å²) in [5.74, 6) is 2.20. The van der Waals surface area contributed by atoms with Crippen LogP contribution in [0.3, 0.4) is 0 Å². The second-order valence-electron chi connectivity index (χ2n) is 6.00. The van der Waals surface area contributed by atoms with Crippen molar-refractivity contribution in [3.8, 4) is 0 Å². The lowest BCUT2D eigenvalue weighted by atomic mass is 10.1. The molecule has 1 unspecified atom stereocenters. The first-order valence-electron chi connectivity index (χ1n) is 7.96. The molecule has 1 aliphatic heterocycles. The first-order chi connectivity index (χ1) is 10.7. The fourth-order valence-corrected chi connectivity index (χ4v) is 3.75. The van der Waals surface area contributed by atoms with Gasteiger partial charge in [0.05, 0.1) is 0 Å². The van der Waals surface area contributed by atoms with Crippen molar-refractivity contribution < 1.29 is 0 Å². The Morgan fingerprint density at radius 1 is 1.22 bits per heavy atom. The van der Waals surface area contributed by atoms with E-state index in [0.717, 1.165) is 30.8 Å². The molecule has 1 aliphatic rings. The monoisotopic (exact) mass is 448 g/mol. The number of nitrogens with one attached hydrogen (secondary N) is 2. The van der Waals surface area contributed by atoms with Crippen LogP contribution in [0.15, 0.2) is 29.3 Å². The summed E-state index contributed by atoms with van der Waals surface area (Å²) >= 11 is 2.07. The van der Waals surface area contributed by atoms with E-state index in [0.29, 0.717) is 0 Å². The lowest BCUT2D eigenvalue weighted by molar-refractivity contribution is 0.402. The molecular formula is C17H29IN4S. The molecule has 0 bridgehead atoms. The highest BCUT2D eigenvalue weighted by Gasteiger charge is 2.15. The zero-order chi connectivity index (χ0) is 15.8. The Balaban J connectivity index is 0.00000264. The van der Waals surface area contributed by atoms with Gasteiger partial charge in [0.2, 0.25) is 0 Å². The molecule has 1 fully saturated rings. The Morgan fingerprint density at radius 2 is 1.91 bits per heavy atom. The number of hydrogen-bond acceptors (Lipinski definition) is 3. The first kappa shape index (κ1) is 20.6. The Labute approximate surface area is 161 Å². The Kier molecular flexibility index (Phi) is 9.97. The molecule has 0 aliphatic carbocycles. The van der Waals surface area contributed by atoms with E-state index in [4.69, 9.17) is 0 Å². The molecule has 1 atom stereocenters. The zero-order valence-corrected chi connectivity index (χ0v) is 17.5. The summed E-state index contributed by atoms with van der Waals surface area (Å²) in [7, 11) is 6.01. The maximum Gasteiger partial charge on any atom is 0.191 e. The van der Waals surface area contributed by atoms with E-state index < -0.39 is 0 Å². The van der Waals surface area contributed by atoms with Crippen LogP contribution < -0.4 is 10.6 Å². The molecule has 2 rings (SSSR count). The lowest BCUT2D eigenvalue weighted by Crippen LogP contribution is -2.39. The summed E-state index contributed by atoms with van der Waals surface area (Å²) < 4.78 is 0. The number of rotatable bonds is 6. The molecule has 2 N–H and O–H groups in total. The summed E-state index contributed by atoms with van der Waals surface area (Å²) in [5.41, 5.74) is 2.62. The van der Waals surface area contributed by atoms with Gasteiger partial charge in [-0.15, -0.1) is 24.0 Å². The number of hydrogen-bond donors (Lipinski definition) is 2. The number of guanidine groups is 1. The summed E-state index contributed by atoms with van der Waals surface area (Å²) in [4.78, 5) is 6.48. The predicted octanol–water partition coefficient (Wildman–Crippen LogP) is 2.93. The number of nitrogens with zero attached hydrogens (tertiary/aromatic N) is 2. The van der Waals surface area contributed by atoms with E-state index in [2.05, 4.69) is 70.6 Å². The highest BCUT2D eigenvalue weighted by atomic mass is 127. The molecule has 6 heteroatoms. The van der Waals surface area contributed by atoms with Crippen molar-refractivity contribution in [2.45, 2.75) is 31.2 Å². The van der Waals surface area contributed by atoms with Crippen LogP contribution in [-0.2, 0) is 13.1 Å². The molecule has 0 spiro atoms. The second kappa shape index (κ2) is 11.1. The van der Waals surface area contributed by atoms with Crippen LogP contribution in [0.1, 0.15) is 24.0 Å². The fraction of sp³-hybridized carbons (Fsp3) is 0.588. The van der Waals surface area contributed by atoms with Gasteiger partial charge in [-0.1, -0.05) is 24.3 Å². The third-order valence-corrected chi connectivity index (χ3v) is 5.12. The van der Waals surface area contributed by atoms with Crippen molar-refractivity contribution >= 4 is 41.7 Å². The van der Waals surface area contributed by atoms with Gasteiger partial charge < -0.3 is 15.5 Å². The van der Waals surface area contributed by atoms with E-state index in [1.807, 2.05) is 7.05 Å². The Bertz CT molecular complexity index is 470. The largest absolute Gasteiger partial charge is 0.355 e. The molecule has 0 aromatic heterocycles. The van der Waals surface area contributed by atoms with E-state index in [1.165, 1.54) is 29.7 Å². The molecule has 0 radical (unpaired) electrons. The van der Waals surface area contributed by atoms with Gasteiger partial charge in [-0.05, 0) is 43.8 Å². The zero-order valence-electron chi connectivity index (χ0n) is 14.3. The summed E-state index contributed by atoms with van der Waals surface area (Å²) in [5, 5.41) is 7.56. The average molecular weight is 448 g/mol. The number of thioether (sulfide) groups is 1. The summed E-state index contributed by atoms with van der Waals surface area (Å²) in [6.45, 7) is 2.79. The van der Waals surface area contributed by atoms with Crippen LogP contribution >= 0.6 is 35.7 Å².